The highest BCUT2D eigenvalue weighted by Gasteiger charge is 2.17. The molecule has 0 fully saturated rings. The number of pyridine rings is 1. The quantitative estimate of drug-likeness (QED) is 0.455. The predicted molar refractivity (Wildman–Crippen MR) is 106 cm³/mol. The number of nitrogens with two attached hydrogens (primary N) is 2. The lowest BCUT2D eigenvalue weighted by atomic mass is 10.1. The molecule has 5 N–H and O–H groups in total. The van der Waals surface area contributed by atoms with Gasteiger partial charge in [-0.3, -0.25) is 20.1 Å². The van der Waals surface area contributed by atoms with E-state index in [1.165, 1.54) is 0 Å². The minimum atomic E-state index is -0.164. The molecule has 2 aromatic heterocycles. The molecule has 0 aliphatic heterocycles. The zero-order valence-electron chi connectivity index (χ0n) is 15.3. The number of nitrogens with one attached hydrogen (secondary N) is 1. The highest BCUT2D eigenvalue weighted by Crippen LogP contribution is 2.19. The maximum Gasteiger partial charge on any atom is 0.181 e. The average Bonchev–Trinajstić information content (AvgIpc) is 3.22. The maximum atomic E-state index is 6.07. The molecular weight excluding hydrogens is 340 g/mol. The summed E-state index contributed by atoms with van der Waals surface area (Å²) in [5, 5.41) is 7.21. The fourth-order valence-electron chi connectivity index (χ4n) is 2.58. The van der Waals surface area contributed by atoms with Crippen LogP contribution in [0.2, 0.25) is 0 Å². The Bertz CT molecular complexity index is 959. The van der Waals surface area contributed by atoms with E-state index < -0.39 is 0 Å². The van der Waals surface area contributed by atoms with E-state index in [2.05, 4.69) is 25.2 Å². The molecule has 0 aliphatic carbocycles. The molecule has 0 spiro atoms. The predicted octanol–water partition coefficient (Wildman–Crippen LogP) is 1.86. The van der Waals surface area contributed by atoms with Crippen LogP contribution in [-0.2, 0) is 6.54 Å². The third-order valence-corrected chi connectivity index (χ3v) is 4.10. The van der Waals surface area contributed by atoms with Gasteiger partial charge in [0.2, 0.25) is 0 Å². The number of aromatic nitrogens is 4. The van der Waals surface area contributed by atoms with Gasteiger partial charge in [0.1, 0.15) is 11.5 Å². The van der Waals surface area contributed by atoms with E-state index in [0.717, 1.165) is 16.7 Å². The largest absolute Gasteiger partial charge is 0.382 e. The van der Waals surface area contributed by atoms with Gasteiger partial charge in [0.05, 0.1) is 6.04 Å². The van der Waals surface area contributed by atoms with E-state index >= 15 is 0 Å². The summed E-state index contributed by atoms with van der Waals surface area (Å²) in [5.74, 6) is 1.29. The Labute approximate surface area is 157 Å². The fourth-order valence-corrected chi connectivity index (χ4v) is 2.58. The van der Waals surface area contributed by atoms with Crippen LogP contribution < -0.4 is 11.5 Å². The highest BCUT2D eigenvalue weighted by atomic mass is 15.2. The summed E-state index contributed by atoms with van der Waals surface area (Å²) >= 11 is 0. The lowest BCUT2D eigenvalue weighted by Crippen LogP contribution is -2.26. The molecule has 3 aromatic rings. The topological polar surface area (TPSA) is 131 Å². The van der Waals surface area contributed by atoms with Crippen LogP contribution in [0.1, 0.15) is 29.9 Å². The van der Waals surface area contributed by atoms with E-state index in [4.69, 9.17) is 16.5 Å². The number of H-pyrrole nitrogens is 1. The molecule has 2 heterocycles. The normalized spacial score (nSPS) is 13.6. The van der Waals surface area contributed by atoms with Gasteiger partial charge in [-0.25, -0.2) is 4.98 Å². The first-order valence-electron chi connectivity index (χ1n) is 8.55. The molecule has 1 atom stereocenters. The van der Waals surface area contributed by atoms with E-state index in [9.17, 15) is 0 Å². The van der Waals surface area contributed by atoms with Gasteiger partial charge in [0, 0.05) is 31.5 Å². The van der Waals surface area contributed by atoms with Gasteiger partial charge in [0.25, 0.3) is 0 Å². The van der Waals surface area contributed by atoms with Gasteiger partial charge in [-0.05, 0) is 30.2 Å². The van der Waals surface area contributed by atoms with Gasteiger partial charge in [-0.2, -0.15) is 5.10 Å². The molecule has 0 bridgehead atoms. The van der Waals surface area contributed by atoms with Crippen LogP contribution in [0.15, 0.2) is 58.8 Å². The van der Waals surface area contributed by atoms with Crippen LogP contribution >= 0.6 is 0 Å². The van der Waals surface area contributed by atoms with Crippen molar-refractivity contribution in [1.29, 1.82) is 0 Å². The second kappa shape index (κ2) is 8.33. The van der Waals surface area contributed by atoms with Crippen molar-refractivity contribution < 1.29 is 0 Å². The van der Waals surface area contributed by atoms with Gasteiger partial charge >= 0.3 is 0 Å². The summed E-state index contributed by atoms with van der Waals surface area (Å²) in [6.07, 6.45) is 3.50. The Kier molecular flexibility index (Phi) is 5.68. The Morgan fingerprint density at radius 1 is 1.26 bits per heavy atom. The molecule has 8 heteroatoms. The number of hydrogen-bond acceptors (Lipinski definition) is 6. The number of amidine groups is 1. The smallest absolute Gasteiger partial charge is 0.181 e. The third kappa shape index (κ3) is 4.24. The zero-order valence-corrected chi connectivity index (χ0v) is 15.3. The number of hydrogen-bond donors (Lipinski definition) is 3. The Balaban J connectivity index is 1.97. The van der Waals surface area contributed by atoms with E-state index in [-0.39, 0.29) is 11.9 Å². The number of nitrogens with zero attached hydrogens (tertiary/aromatic N) is 5. The molecule has 0 saturated heterocycles. The summed E-state index contributed by atoms with van der Waals surface area (Å²) in [7, 11) is 1.61. The first-order chi connectivity index (χ1) is 13.1. The summed E-state index contributed by atoms with van der Waals surface area (Å²) < 4.78 is 0. The Morgan fingerprint density at radius 3 is 2.81 bits per heavy atom. The molecule has 8 nitrogen and oxygen atoms in total. The van der Waals surface area contributed by atoms with Crippen molar-refractivity contribution in [2.24, 2.45) is 21.5 Å². The van der Waals surface area contributed by atoms with Crippen molar-refractivity contribution >= 4 is 11.5 Å². The van der Waals surface area contributed by atoms with Crippen molar-refractivity contribution in [3.63, 3.8) is 0 Å². The second-order valence-electron chi connectivity index (χ2n) is 5.96. The Hall–Kier alpha value is -3.39. The molecule has 0 aliphatic rings. The highest BCUT2D eigenvalue weighted by molar-refractivity contribution is 6.46. The molecule has 0 saturated carbocycles. The van der Waals surface area contributed by atoms with Crippen LogP contribution in [0, 0.1) is 0 Å². The van der Waals surface area contributed by atoms with E-state index in [0.29, 0.717) is 23.9 Å². The van der Waals surface area contributed by atoms with E-state index in [1.54, 1.807) is 19.4 Å². The van der Waals surface area contributed by atoms with Crippen molar-refractivity contribution in [2.75, 3.05) is 7.05 Å². The molecule has 3 rings (SSSR count). The van der Waals surface area contributed by atoms with Crippen LogP contribution in [-0.4, -0.2) is 38.8 Å². The van der Waals surface area contributed by atoms with Crippen molar-refractivity contribution in [1.82, 2.24) is 20.2 Å². The molecule has 0 amide bonds. The van der Waals surface area contributed by atoms with Crippen LogP contribution in [0.4, 0.5) is 0 Å². The SMILES string of the molecule is CN=C(N)C(=NC(C)c1cccnc1)c1nc(-c2cccc(CN)c2)n[nH]1. The number of aliphatic imine (C=N–C) groups is 2. The molecule has 1 unspecified atom stereocenters. The van der Waals surface area contributed by atoms with Crippen LogP contribution in [0.5, 0.6) is 0 Å². The minimum absolute atomic E-state index is 0.164. The maximum absolute atomic E-state index is 6.07. The lowest BCUT2D eigenvalue weighted by molar-refractivity contribution is 0.814. The molecule has 27 heavy (non-hydrogen) atoms. The van der Waals surface area contributed by atoms with Crippen molar-refractivity contribution in [3.05, 3.63) is 65.7 Å². The standard InChI is InChI=1S/C19H22N8/c1-12(15-7-4-8-23-11-15)24-16(17(21)22-2)19-25-18(26-27-19)14-6-3-5-13(9-14)10-20/h3-9,11-12H,10,20H2,1-2H3,(H2,21,22)(H,25,26,27). The first-order valence-corrected chi connectivity index (χ1v) is 8.55. The lowest BCUT2D eigenvalue weighted by Gasteiger charge is -2.09. The summed E-state index contributed by atoms with van der Waals surface area (Å²) in [6.45, 7) is 2.41. The second-order valence-corrected chi connectivity index (χ2v) is 5.96. The van der Waals surface area contributed by atoms with Crippen LogP contribution in [0.3, 0.4) is 0 Å². The number of aromatic amines is 1. The van der Waals surface area contributed by atoms with Gasteiger partial charge in [-0.1, -0.05) is 24.3 Å². The molecule has 0 radical (unpaired) electrons. The van der Waals surface area contributed by atoms with Gasteiger partial charge in [0.15, 0.2) is 11.6 Å². The summed E-state index contributed by atoms with van der Waals surface area (Å²) in [4.78, 5) is 17.5. The Morgan fingerprint density at radius 2 is 2.11 bits per heavy atom. The summed E-state index contributed by atoms with van der Waals surface area (Å²) in [6, 6.07) is 11.4. The fraction of sp³-hybridized carbons (Fsp3) is 0.211. The van der Waals surface area contributed by atoms with Gasteiger partial charge in [-0.15, -0.1) is 0 Å². The zero-order chi connectivity index (χ0) is 19.2. The van der Waals surface area contributed by atoms with Crippen molar-refractivity contribution in [2.45, 2.75) is 19.5 Å². The third-order valence-electron chi connectivity index (χ3n) is 4.10. The average molecular weight is 362 g/mol. The summed E-state index contributed by atoms with van der Waals surface area (Å²) in [5.41, 5.74) is 15.1. The number of benzene rings is 1. The van der Waals surface area contributed by atoms with Crippen molar-refractivity contribution in [3.8, 4) is 11.4 Å². The first kappa shape index (κ1) is 18.4. The number of rotatable bonds is 6. The minimum Gasteiger partial charge on any atom is -0.382 e. The molecule has 138 valence electrons. The van der Waals surface area contributed by atoms with Gasteiger partial charge < -0.3 is 11.5 Å². The monoisotopic (exact) mass is 362 g/mol. The molecular formula is C19H22N8. The molecule has 1 aromatic carbocycles. The van der Waals surface area contributed by atoms with Crippen LogP contribution in [0.25, 0.3) is 11.4 Å². The van der Waals surface area contributed by atoms with E-state index in [1.807, 2.05) is 43.3 Å².